The van der Waals surface area contributed by atoms with Crippen molar-refractivity contribution in [1.82, 2.24) is 20.5 Å². The lowest BCUT2D eigenvalue weighted by Crippen LogP contribution is -2.48. The van der Waals surface area contributed by atoms with Crippen molar-refractivity contribution in [3.05, 3.63) is 90.0 Å². The van der Waals surface area contributed by atoms with Crippen LogP contribution < -0.4 is 15.4 Å². The van der Waals surface area contributed by atoms with Gasteiger partial charge >= 0.3 is 0 Å². The number of para-hydroxylation sites is 2. The van der Waals surface area contributed by atoms with E-state index in [1.54, 1.807) is 25.2 Å². The number of likely N-dealkylation sites (tertiary alicyclic amines) is 1. The lowest BCUT2D eigenvalue weighted by Gasteiger charge is -2.32. The monoisotopic (exact) mass is 447 g/mol. The first-order valence-corrected chi connectivity index (χ1v) is 11.3. The molecular weight excluding hydrogens is 417 g/mol. The Morgan fingerprint density at radius 2 is 1.76 bits per heavy atom. The van der Waals surface area contributed by atoms with Crippen LogP contribution >= 0.6 is 0 Å². The number of rotatable bonds is 7. The number of ether oxygens (including phenoxy) is 1. The largest absolute Gasteiger partial charge is 0.454 e. The fraction of sp³-hybridized carbons (Fsp3) is 0.308. The summed E-state index contributed by atoms with van der Waals surface area (Å²) >= 11 is 0. The van der Waals surface area contributed by atoms with Crippen LogP contribution in [0.25, 0.3) is 0 Å². The van der Waals surface area contributed by atoms with Crippen molar-refractivity contribution in [3.8, 4) is 11.5 Å². The maximum Gasteiger partial charge on any atom is 0.191 e. The first-order chi connectivity index (χ1) is 16.2. The second-order valence-corrected chi connectivity index (χ2v) is 8.08. The van der Waals surface area contributed by atoms with Crippen molar-refractivity contribution in [1.29, 1.82) is 0 Å². The quantitative estimate of drug-likeness (QED) is 0.417. The van der Waals surface area contributed by atoms with Crippen molar-refractivity contribution in [2.75, 3.05) is 20.1 Å². The molecule has 1 aromatic heterocycles. The molecule has 1 aliphatic rings. The van der Waals surface area contributed by atoms with Crippen molar-refractivity contribution in [2.24, 2.45) is 4.99 Å². The standard InChI is InChI=1S/C26H30FN5O/c1-28-26(31-21-13-16-32(17-14-21)19-22-9-6-7-15-29-22)30-18-20-8-2-4-11-24(20)33-25-12-5-3-10-23(25)27/h2-12,15,21H,13-14,16-19H2,1H3,(H2,28,30,31). The highest BCUT2D eigenvalue weighted by Crippen LogP contribution is 2.27. The average molecular weight is 448 g/mol. The Bertz CT molecular complexity index is 1050. The highest BCUT2D eigenvalue weighted by atomic mass is 19.1. The summed E-state index contributed by atoms with van der Waals surface area (Å²) in [4.78, 5) is 11.2. The van der Waals surface area contributed by atoms with Gasteiger partial charge in [-0.2, -0.15) is 0 Å². The van der Waals surface area contributed by atoms with Crippen LogP contribution in [0.3, 0.4) is 0 Å². The molecule has 33 heavy (non-hydrogen) atoms. The minimum atomic E-state index is -0.382. The van der Waals surface area contributed by atoms with Gasteiger partial charge in [-0.25, -0.2) is 4.39 Å². The molecule has 172 valence electrons. The van der Waals surface area contributed by atoms with E-state index in [-0.39, 0.29) is 11.6 Å². The third-order valence-corrected chi connectivity index (χ3v) is 5.74. The predicted molar refractivity (Wildman–Crippen MR) is 129 cm³/mol. The highest BCUT2D eigenvalue weighted by Gasteiger charge is 2.20. The molecule has 0 amide bonds. The topological polar surface area (TPSA) is 61.8 Å². The summed E-state index contributed by atoms with van der Waals surface area (Å²) in [7, 11) is 1.77. The van der Waals surface area contributed by atoms with E-state index in [1.807, 2.05) is 42.6 Å². The second-order valence-electron chi connectivity index (χ2n) is 8.08. The molecule has 2 aromatic carbocycles. The number of hydrogen-bond acceptors (Lipinski definition) is 4. The Morgan fingerprint density at radius 1 is 1.03 bits per heavy atom. The van der Waals surface area contributed by atoms with Crippen molar-refractivity contribution in [2.45, 2.75) is 32.0 Å². The number of piperidine rings is 1. The van der Waals surface area contributed by atoms with E-state index in [4.69, 9.17) is 4.74 Å². The number of nitrogens with one attached hydrogen (secondary N) is 2. The molecule has 1 fully saturated rings. The van der Waals surface area contributed by atoms with Gasteiger partial charge in [0.15, 0.2) is 17.5 Å². The number of hydrogen-bond donors (Lipinski definition) is 2. The fourth-order valence-corrected chi connectivity index (χ4v) is 3.92. The fourth-order valence-electron chi connectivity index (χ4n) is 3.92. The van der Waals surface area contributed by atoms with E-state index in [2.05, 4.69) is 31.6 Å². The highest BCUT2D eigenvalue weighted by molar-refractivity contribution is 5.80. The van der Waals surface area contributed by atoms with Gasteiger partial charge in [-0.05, 0) is 43.2 Å². The van der Waals surface area contributed by atoms with Crippen LogP contribution in [0, 0.1) is 5.82 Å². The van der Waals surface area contributed by atoms with Crippen LogP contribution in [-0.4, -0.2) is 42.0 Å². The van der Waals surface area contributed by atoms with E-state index in [9.17, 15) is 4.39 Å². The van der Waals surface area contributed by atoms with Gasteiger partial charge < -0.3 is 15.4 Å². The van der Waals surface area contributed by atoms with Crippen LogP contribution in [0.15, 0.2) is 77.9 Å². The third-order valence-electron chi connectivity index (χ3n) is 5.74. The number of halogens is 1. The van der Waals surface area contributed by atoms with Crippen LogP contribution in [0.5, 0.6) is 11.5 Å². The molecule has 2 N–H and O–H groups in total. The number of aromatic nitrogens is 1. The minimum absolute atomic E-state index is 0.213. The zero-order valence-corrected chi connectivity index (χ0v) is 18.9. The first kappa shape index (κ1) is 22.7. The van der Waals surface area contributed by atoms with Crippen molar-refractivity contribution < 1.29 is 9.13 Å². The van der Waals surface area contributed by atoms with E-state index in [0.717, 1.165) is 49.7 Å². The van der Waals surface area contributed by atoms with Crippen LogP contribution in [0.2, 0.25) is 0 Å². The molecule has 0 spiro atoms. The Balaban J connectivity index is 1.28. The van der Waals surface area contributed by atoms with Gasteiger partial charge in [0.05, 0.1) is 5.69 Å². The zero-order valence-electron chi connectivity index (χ0n) is 18.9. The van der Waals surface area contributed by atoms with Crippen LogP contribution in [0.1, 0.15) is 24.1 Å². The van der Waals surface area contributed by atoms with E-state index >= 15 is 0 Å². The molecule has 0 saturated carbocycles. The Labute approximate surface area is 194 Å². The molecule has 1 aliphatic heterocycles. The molecule has 2 heterocycles. The number of pyridine rings is 1. The molecule has 0 bridgehead atoms. The first-order valence-electron chi connectivity index (χ1n) is 11.3. The average Bonchev–Trinajstić information content (AvgIpc) is 2.85. The van der Waals surface area contributed by atoms with Gasteiger partial charge in [-0.1, -0.05) is 36.4 Å². The van der Waals surface area contributed by atoms with Crippen molar-refractivity contribution >= 4 is 5.96 Å². The molecule has 0 unspecified atom stereocenters. The molecule has 6 nitrogen and oxygen atoms in total. The lowest BCUT2D eigenvalue weighted by molar-refractivity contribution is 0.196. The Morgan fingerprint density at radius 3 is 2.48 bits per heavy atom. The normalized spacial score (nSPS) is 15.3. The van der Waals surface area contributed by atoms with Gasteiger partial charge in [0, 0.05) is 51.0 Å². The van der Waals surface area contributed by atoms with Gasteiger partial charge in [-0.3, -0.25) is 14.9 Å². The summed E-state index contributed by atoms with van der Waals surface area (Å²) in [6.07, 6.45) is 3.93. The van der Waals surface area contributed by atoms with Gasteiger partial charge in [0.1, 0.15) is 5.75 Å². The van der Waals surface area contributed by atoms with Gasteiger partial charge in [-0.15, -0.1) is 0 Å². The maximum atomic E-state index is 14.0. The summed E-state index contributed by atoms with van der Waals surface area (Å²) < 4.78 is 19.8. The van der Waals surface area contributed by atoms with Crippen molar-refractivity contribution in [3.63, 3.8) is 0 Å². The summed E-state index contributed by atoms with van der Waals surface area (Å²) in [6, 6.07) is 20.5. The summed E-state index contributed by atoms with van der Waals surface area (Å²) in [5.41, 5.74) is 2.03. The lowest BCUT2D eigenvalue weighted by atomic mass is 10.0. The van der Waals surface area contributed by atoms with E-state index < -0.39 is 0 Å². The molecule has 4 rings (SSSR count). The van der Waals surface area contributed by atoms with Crippen LogP contribution in [0.4, 0.5) is 4.39 Å². The summed E-state index contributed by atoms with van der Waals surface area (Å²) in [5, 5.41) is 6.90. The van der Waals surface area contributed by atoms with E-state index in [1.165, 1.54) is 6.07 Å². The number of nitrogens with zero attached hydrogens (tertiary/aromatic N) is 3. The maximum absolute atomic E-state index is 14.0. The minimum Gasteiger partial charge on any atom is -0.454 e. The molecular formula is C26H30FN5O. The SMILES string of the molecule is CN=C(NCc1ccccc1Oc1ccccc1F)NC1CCN(Cc2ccccn2)CC1. The van der Waals surface area contributed by atoms with Crippen LogP contribution in [-0.2, 0) is 13.1 Å². The number of benzene rings is 2. The molecule has 0 aliphatic carbocycles. The third kappa shape index (κ3) is 6.52. The second kappa shape index (κ2) is 11.4. The zero-order chi connectivity index (χ0) is 22.9. The molecule has 1 saturated heterocycles. The molecule has 0 radical (unpaired) electrons. The predicted octanol–water partition coefficient (Wildman–Crippen LogP) is 4.34. The Hall–Kier alpha value is -3.45. The summed E-state index contributed by atoms with van der Waals surface area (Å²) in [5.74, 6) is 1.20. The molecule has 3 aromatic rings. The van der Waals surface area contributed by atoms with Gasteiger partial charge in [0.2, 0.25) is 0 Å². The smallest absolute Gasteiger partial charge is 0.191 e. The molecule has 0 atom stereocenters. The number of guanidine groups is 1. The summed E-state index contributed by atoms with van der Waals surface area (Å²) in [6.45, 7) is 3.44. The van der Waals surface area contributed by atoms with E-state index in [0.29, 0.717) is 18.3 Å². The molecule has 7 heteroatoms. The van der Waals surface area contributed by atoms with Gasteiger partial charge in [0.25, 0.3) is 0 Å². The number of aliphatic imine (C=N–C) groups is 1. The Kier molecular flexibility index (Phi) is 7.87.